The van der Waals surface area contributed by atoms with Crippen LogP contribution in [0.2, 0.25) is 0 Å². The van der Waals surface area contributed by atoms with Gasteiger partial charge in [-0.15, -0.1) is 11.3 Å². The normalized spacial score (nSPS) is 14.1. The topological polar surface area (TPSA) is 35.2 Å². The molecule has 4 heteroatoms. The van der Waals surface area contributed by atoms with Gasteiger partial charge in [0.25, 0.3) is 0 Å². The van der Waals surface area contributed by atoms with Crippen LogP contribution in [-0.2, 0) is 0 Å². The van der Waals surface area contributed by atoms with Crippen molar-refractivity contribution in [1.82, 2.24) is 0 Å². The molecule has 2 atom stereocenters. The van der Waals surface area contributed by atoms with E-state index in [1.54, 1.807) is 11.3 Å². The minimum Gasteiger partial charge on any atom is -0.483 e. The van der Waals surface area contributed by atoms with Crippen LogP contribution in [0.3, 0.4) is 0 Å². The maximum absolute atomic E-state index is 6.18. The molecule has 0 amide bonds. The summed E-state index contributed by atoms with van der Waals surface area (Å²) in [6.45, 7) is 8.23. The molecule has 108 valence electrons. The number of aryl methyl sites for hydroxylation is 3. The molecule has 20 heavy (non-hydrogen) atoms. The van der Waals surface area contributed by atoms with Gasteiger partial charge in [-0.1, -0.05) is 15.9 Å². The lowest BCUT2D eigenvalue weighted by Crippen LogP contribution is -2.28. The number of nitrogens with two attached hydrogens (primary N) is 1. The molecule has 1 aromatic carbocycles. The predicted octanol–water partition coefficient (Wildman–Crippen LogP) is 4.90. The molecule has 2 unspecified atom stereocenters. The summed E-state index contributed by atoms with van der Waals surface area (Å²) in [5, 5.41) is 2.08. The predicted molar refractivity (Wildman–Crippen MR) is 89.7 cm³/mol. The molecule has 0 fully saturated rings. The monoisotopic (exact) mass is 353 g/mol. The Bertz CT molecular complexity index is 583. The summed E-state index contributed by atoms with van der Waals surface area (Å²) < 4.78 is 7.32. The van der Waals surface area contributed by atoms with Crippen LogP contribution in [0.15, 0.2) is 28.1 Å². The highest BCUT2D eigenvalue weighted by atomic mass is 79.9. The van der Waals surface area contributed by atoms with Gasteiger partial charge in [-0.25, -0.2) is 0 Å². The second-order valence-electron chi connectivity index (χ2n) is 5.24. The molecule has 0 saturated heterocycles. The van der Waals surface area contributed by atoms with Gasteiger partial charge in [-0.2, -0.15) is 0 Å². The number of halogens is 1. The van der Waals surface area contributed by atoms with Crippen molar-refractivity contribution in [2.24, 2.45) is 5.73 Å². The number of hydrogen-bond donors (Lipinski definition) is 1. The lowest BCUT2D eigenvalue weighted by atomic mass is 10.1. The van der Waals surface area contributed by atoms with Crippen molar-refractivity contribution in [3.63, 3.8) is 0 Å². The summed E-state index contributed by atoms with van der Waals surface area (Å²) in [5.41, 5.74) is 9.71. The summed E-state index contributed by atoms with van der Waals surface area (Å²) in [5.74, 6) is 0.873. The van der Waals surface area contributed by atoms with E-state index in [0.29, 0.717) is 0 Å². The van der Waals surface area contributed by atoms with Crippen molar-refractivity contribution in [2.45, 2.75) is 39.8 Å². The van der Waals surface area contributed by atoms with Gasteiger partial charge in [0.2, 0.25) is 0 Å². The van der Waals surface area contributed by atoms with E-state index in [4.69, 9.17) is 10.5 Å². The SMILES string of the molecule is Cc1ccsc1C(Oc1cc(C)c(Br)c(C)c1)C(C)N. The van der Waals surface area contributed by atoms with Crippen LogP contribution >= 0.6 is 27.3 Å². The van der Waals surface area contributed by atoms with Crippen LogP contribution < -0.4 is 10.5 Å². The van der Waals surface area contributed by atoms with Crippen LogP contribution in [0.1, 0.15) is 34.6 Å². The average Bonchev–Trinajstić information content (AvgIpc) is 2.78. The Kier molecular flexibility index (Phi) is 4.89. The minimum atomic E-state index is -0.102. The number of rotatable bonds is 4. The first-order valence-corrected chi connectivity index (χ1v) is 8.30. The molecular formula is C16H20BrNOS. The highest BCUT2D eigenvalue weighted by Gasteiger charge is 2.22. The second kappa shape index (κ2) is 6.29. The van der Waals surface area contributed by atoms with E-state index in [1.807, 2.05) is 6.92 Å². The second-order valence-corrected chi connectivity index (χ2v) is 6.98. The van der Waals surface area contributed by atoms with Gasteiger partial charge < -0.3 is 10.5 Å². The molecule has 0 radical (unpaired) electrons. The van der Waals surface area contributed by atoms with E-state index in [0.717, 1.165) is 10.2 Å². The van der Waals surface area contributed by atoms with Gasteiger partial charge in [0, 0.05) is 15.4 Å². The molecule has 0 aliphatic rings. The van der Waals surface area contributed by atoms with Crippen LogP contribution in [0.5, 0.6) is 5.75 Å². The van der Waals surface area contributed by atoms with E-state index >= 15 is 0 Å². The van der Waals surface area contributed by atoms with Crippen molar-refractivity contribution >= 4 is 27.3 Å². The van der Waals surface area contributed by atoms with Gasteiger partial charge in [0.15, 0.2) is 0 Å². The number of hydrogen-bond acceptors (Lipinski definition) is 3. The fourth-order valence-electron chi connectivity index (χ4n) is 2.20. The third-order valence-electron chi connectivity index (χ3n) is 3.31. The molecule has 0 spiro atoms. The lowest BCUT2D eigenvalue weighted by Gasteiger charge is -2.23. The molecule has 0 bridgehead atoms. The van der Waals surface area contributed by atoms with E-state index in [2.05, 4.69) is 60.3 Å². The van der Waals surface area contributed by atoms with Crippen LogP contribution in [-0.4, -0.2) is 6.04 Å². The fraction of sp³-hybridized carbons (Fsp3) is 0.375. The quantitative estimate of drug-likeness (QED) is 0.847. The third-order valence-corrected chi connectivity index (χ3v) is 5.64. The van der Waals surface area contributed by atoms with E-state index in [1.165, 1.54) is 21.6 Å². The first kappa shape index (κ1) is 15.5. The average molecular weight is 354 g/mol. The Labute approximate surface area is 133 Å². The number of benzene rings is 1. The molecule has 2 aromatic rings. The molecule has 0 aliphatic heterocycles. The zero-order chi connectivity index (χ0) is 14.9. The smallest absolute Gasteiger partial charge is 0.148 e. The largest absolute Gasteiger partial charge is 0.483 e. The molecule has 1 aromatic heterocycles. The zero-order valence-corrected chi connectivity index (χ0v) is 14.6. The van der Waals surface area contributed by atoms with Crippen molar-refractivity contribution < 1.29 is 4.74 Å². The van der Waals surface area contributed by atoms with Crippen molar-refractivity contribution in [1.29, 1.82) is 0 Å². The molecule has 0 aliphatic carbocycles. The maximum Gasteiger partial charge on any atom is 0.148 e. The molecule has 2 rings (SSSR count). The summed E-state index contributed by atoms with van der Waals surface area (Å²) in [6, 6.07) is 6.15. The fourth-order valence-corrected chi connectivity index (χ4v) is 3.49. The van der Waals surface area contributed by atoms with Gasteiger partial charge in [-0.05, 0) is 68.0 Å². The third kappa shape index (κ3) is 3.25. The number of ether oxygens (including phenoxy) is 1. The van der Waals surface area contributed by atoms with Gasteiger partial charge in [0.1, 0.15) is 11.9 Å². The first-order valence-electron chi connectivity index (χ1n) is 6.63. The standard InChI is InChI=1S/C16H20BrNOS/c1-9-5-6-20-16(9)15(12(4)18)19-13-7-10(2)14(17)11(3)8-13/h5-8,12,15H,18H2,1-4H3. The van der Waals surface area contributed by atoms with Gasteiger partial charge in [-0.3, -0.25) is 0 Å². The molecule has 1 heterocycles. The zero-order valence-electron chi connectivity index (χ0n) is 12.2. The maximum atomic E-state index is 6.18. The van der Waals surface area contributed by atoms with Crippen LogP contribution in [0.25, 0.3) is 0 Å². The Hall–Kier alpha value is -0.840. The Morgan fingerprint density at radius 1 is 1.15 bits per heavy atom. The van der Waals surface area contributed by atoms with Crippen molar-refractivity contribution in [2.75, 3.05) is 0 Å². The highest BCUT2D eigenvalue weighted by Crippen LogP contribution is 2.33. The van der Waals surface area contributed by atoms with E-state index in [9.17, 15) is 0 Å². The molecule has 2 N–H and O–H groups in total. The van der Waals surface area contributed by atoms with Crippen molar-refractivity contribution in [3.8, 4) is 5.75 Å². The van der Waals surface area contributed by atoms with Crippen LogP contribution in [0, 0.1) is 20.8 Å². The van der Waals surface area contributed by atoms with Crippen molar-refractivity contribution in [3.05, 3.63) is 49.6 Å². The minimum absolute atomic E-state index is 0.0587. The summed E-state index contributed by atoms with van der Waals surface area (Å²) in [7, 11) is 0. The Balaban J connectivity index is 2.32. The Morgan fingerprint density at radius 2 is 1.75 bits per heavy atom. The summed E-state index contributed by atoms with van der Waals surface area (Å²) in [4.78, 5) is 1.21. The van der Waals surface area contributed by atoms with Crippen LogP contribution in [0.4, 0.5) is 0 Å². The number of thiophene rings is 1. The lowest BCUT2D eigenvalue weighted by molar-refractivity contribution is 0.183. The summed E-state index contributed by atoms with van der Waals surface area (Å²) >= 11 is 5.28. The molecule has 2 nitrogen and oxygen atoms in total. The first-order chi connectivity index (χ1) is 9.40. The molecule has 0 saturated carbocycles. The summed E-state index contributed by atoms with van der Waals surface area (Å²) in [6.07, 6.45) is -0.102. The Morgan fingerprint density at radius 3 is 2.20 bits per heavy atom. The molecular weight excluding hydrogens is 334 g/mol. The van der Waals surface area contributed by atoms with E-state index in [-0.39, 0.29) is 12.1 Å². The van der Waals surface area contributed by atoms with Gasteiger partial charge in [0.05, 0.1) is 0 Å². The highest BCUT2D eigenvalue weighted by molar-refractivity contribution is 9.10. The van der Waals surface area contributed by atoms with Gasteiger partial charge >= 0.3 is 0 Å². The van der Waals surface area contributed by atoms with E-state index < -0.39 is 0 Å².